The quantitative estimate of drug-likeness (QED) is 0.792. The van der Waals surface area contributed by atoms with Crippen LogP contribution in [0.1, 0.15) is 13.3 Å². The molecule has 0 bridgehead atoms. The summed E-state index contributed by atoms with van der Waals surface area (Å²) >= 11 is 0. The molecular formula is C13H21FN2O. The van der Waals surface area contributed by atoms with Crippen molar-refractivity contribution in [1.82, 2.24) is 0 Å². The lowest BCUT2D eigenvalue weighted by Gasteiger charge is -2.27. The summed E-state index contributed by atoms with van der Waals surface area (Å²) < 4.78 is 18.9. The zero-order chi connectivity index (χ0) is 12.7. The molecule has 0 heterocycles. The average Bonchev–Trinajstić information content (AvgIpc) is 2.35. The lowest BCUT2D eigenvalue weighted by molar-refractivity contribution is 0.123. The summed E-state index contributed by atoms with van der Waals surface area (Å²) in [6.07, 6.45) is 0.900. The highest BCUT2D eigenvalue weighted by atomic mass is 19.1. The molecule has 0 spiro atoms. The Kier molecular flexibility index (Phi) is 5.94. The molecule has 0 aliphatic heterocycles. The summed E-state index contributed by atoms with van der Waals surface area (Å²) in [5, 5.41) is 0. The lowest BCUT2D eigenvalue weighted by atomic mass is 10.2. The zero-order valence-electron chi connectivity index (χ0n) is 10.5. The van der Waals surface area contributed by atoms with E-state index in [9.17, 15) is 4.39 Å². The number of halogens is 1. The molecule has 1 unspecified atom stereocenters. The molecule has 1 aromatic carbocycles. The van der Waals surface area contributed by atoms with Gasteiger partial charge in [0.1, 0.15) is 5.82 Å². The van der Waals surface area contributed by atoms with Crippen molar-refractivity contribution in [3.8, 4) is 0 Å². The summed E-state index contributed by atoms with van der Waals surface area (Å²) in [7, 11) is 1.66. The van der Waals surface area contributed by atoms with Gasteiger partial charge in [0.2, 0.25) is 0 Å². The first-order chi connectivity index (χ1) is 8.19. The van der Waals surface area contributed by atoms with Crippen LogP contribution in [0.25, 0.3) is 0 Å². The molecule has 1 aromatic rings. The molecule has 0 saturated carbocycles. The van der Waals surface area contributed by atoms with E-state index in [0.29, 0.717) is 18.8 Å². The summed E-state index contributed by atoms with van der Waals surface area (Å²) in [6, 6.07) is 6.79. The molecule has 0 aliphatic rings. The molecule has 17 heavy (non-hydrogen) atoms. The van der Waals surface area contributed by atoms with E-state index in [1.165, 1.54) is 6.07 Å². The first-order valence-electron chi connectivity index (χ1n) is 5.91. The zero-order valence-corrected chi connectivity index (χ0v) is 10.5. The molecule has 4 heteroatoms. The van der Waals surface area contributed by atoms with Gasteiger partial charge in [0, 0.05) is 20.2 Å². The molecule has 1 atom stereocenters. The lowest BCUT2D eigenvalue weighted by Crippen LogP contribution is -2.34. The highest BCUT2D eigenvalue weighted by Gasteiger charge is 2.13. The van der Waals surface area contributed by atoms with Crippen molar-refractivity contribution in [2.75, 3.05) is 31.6 Å². The van der Waals surface area contributed by atoms with Crippen molar-refractivity contribution in [2.24, 2.45) is 5.73 Å². The number of para-hydroxylation sites is 1. The molecule has 0 radical (unpaired) electrons. The number of anilines is 1. The van der Waals surface area contributed by atoms with Crippen molar-refractivity contribution in [1.29, 1.82) is 0 Å². The number of ether oxygens (including phenoxy) is 1. The van der Waals surface area contributed by atoms with Gasteiger partial charge < -0.3 is 15.4 Å². The van der Waals surface area contributed by atoms with E-state index in [4.69, 9.17) is 10.5 Å². The average molecular weight is 240 g/mol. The van der Waals surface area contributed by atoms with Gasteiger partial charge in [-0.2, -0.15) is 0 Å². The second kappa shape index (κ2) is 7.25. The number of nitrogens with zero attached hydrogens (tertiary/aromatic N) is 1. The minimum Gasteiger partial charge on any atom is -0.380 e. The Hall–Kier alpha value is -1.13. The van der Waals surface area contributed by atoms with E-state index in [-0.39, 0.29) is 11.9 Å². The van der Waals surface area contributed by atoms with Gasteiger partial charge in [-0.1, -0.05) is 12.1 Å². The van der Waals surface area contributed by atoms with E-state index in [1.807, 2.05) is 17.9 Å². The van der Waals surface area contributed by atoms with E-state index in [1.54, 1.807) is 19.2 Å². The molecule has 0 saturated heterocycles. The molecule has 0 aliphatic carbocycles. The van der Waals surface area contributed by atoms with E-state index in [2.05, 4.69) is 0 Å². The smallest absolute Gasteiger partial charge is 0.146 e. The maximum absolute atomic E-state index is 13.7. The third kappa shape index (κ3) is 4.32. The molecule has 0 amide bonds. The Morgan fingerprint density at radius 2 is 2.12 bits per heavy atom. The van der Waals surface area contributed by atoms with Crippen LogP contribution in [0.15, 0.2) is 24.3 Å². The monoisotopic (exact) mass is 240 g/mol. The Bertz CT molecular complexity index is 333. The number of hydrogen-bond donors (Lipinski definition) is 1. The number of methoxy groups -OCH3 is 1. The summed E-state index contributed by atoms with van der Waals surface area (Å²) in [6.45, 7) is 3.98. The minimum atomic E-state index is -0.201. The fourth-order valence-corrected chi connectivity index (χ4v) is 1.69. The van der Waals surface area contributed by atoms with Crippen LogP contribution in [-0.2, 0) is 4.74 Å². The number of benzene rings is 1. The minimum absolute atomic E-state index is 0.0624. The van der Waals surface area contributed by atoms with Crippen LogP contribution in [0, 0.1) is 5.82 Å². The van der Waals surface area contributed by atoms with Crippen molar-refractivity contribution in [2.45, 2.75) is 19.4 Å². The number of rotatable bonds is 7. The van der Waals surface area contributed by atoms with Crippen LogP contribution in [-0.4, -0.2) is 32.8 Å². The van der Waals surface area contributed by atoms with Gasteiger partial charge in [-0.3, -0.25) is 0 Å². The van der Waals surface area contributed by atoms with Crippen LogP contribution in [0.5, 0.6) is 0 Å². The van der Waals surface area contributed by atoms with Crippen LogP contribution >= 0.6 is 0 Å². The van der Waals surface area contributed by atoms with Gasteiger partial charge in [0.15, 0.2) is 0 Å². The van der Waals surface area contributed by atoms with Gasteiger partial charge in [0.25, 0.3) is 0 Å². The van der Waals surface area contributed by atoms with Gasteiger partial charge in [-0.25, -0.2) is 4.39 Å². The van der Waals surface area contributed by atoms with Gasteiger partial charge in [0.05, 0.1) is 11.8 Å². The largest absolute Gasteiger partial charge is 0.380 e. The number of hydrogen-bond acceptors (Lipinski definition) is 3. The fraction of sp³-hybridized carbons (Fsp3) is 0.538. The molecule has 0 aromatic heterocycles. The Morgan fingerprint density at radius 3 is 2.71 bits per heavy atom. The second-order valence-corrected chi connectivity index (χ2v) is 4.09. The first kappa shape index (κ1) is 13.9. The molecule has 0 fully saturated rings. The van der Waals surface area contributed by atoms with Crippen LogP contribution in [0.4, 0.5) is 10.1 Å². The third-order valence-corrected chi connectivity index (χ3v) is 2.71. The normalized spacial score (nSPS) is 12.5. The Morgan fingerprint density at radius 1 is 1.41 bits per heavy atom. The second-order valence-electron chi connectivity index (χ2n) is 4.09. The van der Waals surface area contributed by atoms with Crippen molar-refractivity contribution < 1.29 is 9.13 Å². The topological polar surface area (TPSA) is 38.5 Å². The SMILES string of the molecule is COC(C)CN(CCCN)c1ccccc1F. The van der Waals surface area contributed by atoms with Crippen molar-refractivity contribution >= 4 is 5.69 Å². The predicted molar refractivity (Wildman–Crippen MR) is 68.8 cm³/mol. The fourth-order valence-electron chi connectivity index (χ4n) is 1.69. The predicted octanol–water partition coefficient (Wildman–Crippen LogP) is 2.02. The standard InChI is InChI=1S/C13H21FN2O/c1-11(17-2)10-16(9-5-8-15)13-7-4-3-6-12(13)14/h3-4,6-7,11H,5,8-10,15H2,1-2H3. The summed E-state index contributed by atoms with van der Waals surface area (Å²) in [5.41, 5.74) is 6.12. The highest BCUT2D eigenvalue weighted by Crippen LogP contribution is 2.19. The Balaban J connectivity index is 2.78. The van der Waals surface area contributed by atoms with Crippen LogP contribution in [0.3, 0.4) is 0 Å². The van der Waals surface area contributed by atoms with Crippen LogP contribution < -0.4 is 10.6 Å². The third-order valence-electron chi connectivity index (χ3n) is 2.71. The summed E-state index contributed by atoms with van der Waals surface area (Å²) in [5.74, 6) is -0.201. The van der Waals surface area contributed by atoms with Crippen molar-refractivity contribution in [3.05, 3.63) is 30.1 Å². The van der Waals surface area contributed by atoms with Crippen LogP contribution in [0.2, 0.25) is 0 Å². The van der Waals surface area contributed by atoms with Gasteiger partial charge >= 0.3 is 0 Å². The van der Waals surface area contributed by atoms with E-state index in [0.717, 1.165) is 13.0 Å². The van der Waals surface area contributed by atoms with Gasteiger partial charge in [-0.05, 0) is 32.0 Å². The van der Waals surface area contributed by atoms with E-state index >= 15 is 0 Å². The van der Waals surface area contributed by atoms with Crippen molar-refractivity contribution in [3.63, 3.8) is 0 Å². The maximum atomic E-state index is 13.7. The van der Waals surface area contributed by atoms with Gasteiger partial charge in [-0.15, -0.1) is 0 Å². The molecule has 96 valence electrons. The van der Waals surface area contributed by atoms with E-state index < -0.39 is 0 Å². The Labute approximate surface area is 102 Å². The molecular weight excluding hydrogens is 219 g/mol. The highest BCUT2D eigenvalue weighted by molar-refractivity contribution is 5.47. The maximum Gasteiger partial charge on any atom is 0.146 e. The number of nitrogens with two attached hydrogens (primary N) is 1. The molecule has 2 N–H and O–H groups in total. The molecule has 3 nitrogen and oxygen atoms in total. The molecule has 1 rings (SSSR count). The first-order valence-corrected chi connectivity index (χ1v) is 5.91. The summed E-state index contributed by atoms with van der Waals surface area (Å²) in [4.78, 5) is 1.98.